The van der Waals surface area contributed by atoms with Crippen molar-refractivity contribution in [2.24, 2.45) is 0 Å². The Kier molecular flexibility index (Phi) is 5.69. The molecule has 0 spiro atoms. The lowest BCUT2D eigenvalue weighted by Gasteiger charge is -2.03. The fourth-order valence-electron chi connectivity index (χ4n) is 1.28. The summed E-state index contributed by atoms with van der Waals surface area (Å²) in [6, 6.07) is 1.86. The van der Waals surface area contributed by atoms with E-state index in [2.05, 4.69) is 6.92 Å². The van der Waals surface area contributed by atoms with Crippen LogP contribution in [-0.2, 0) is 6.42 Å². The first-order chi connectivity index (χ1) is 7.69. The SMILES string of the molecule is CCCc1cc(OCCSC)c(C(=O)O)s1. The monoisotopic (exact) mass is 260 g/mol. The molecule has 0 aliphatic carbocycles. The van der Waals surface area contributed by atoms with Crippen LogP contribution in [-0.4, -0.2) is 29.7 Å². The number of thioether (sulfide) groups is 1. The number of aryl methyl sites for hydroxylation is 1. The van der Waals surface area contributed by atoms with Crippen molar-refractivity contribution < 1.29 is 14.6 Å². The summed E-state index contributed by atoms with van der Waals surface area (Å²) >= 11 is 3.00. The summed E-state index contributed by atoms with van der Waals surface area (Å²) in [6.07, 6.45) is 3.93. The fourth-order valence-corrected chi connectivity index (χ4v) is 2.57. The maximum atomic E-state index is 11.0. The van der Waals surface area contributed by atoms with E-state index >= 15 is 0 Å². The van der Waals surface area contributed by atoms with Crippen LogP contribution in [0.25, 0.3) is 0 Å². The van der Waals surface area contributed by atoms with Crippen molar-refractivity contribution in [3.05, 3.63) is 15.8 Å². The number of rotatable bonds is 7. The predicted molar refractivity (Wildman–Crippen MR) is 69.2 cm³/mol. The first-order valence-corrected chi connectivity index (χ1v) is 7.37. The zero-order chi connectivity index (χ0) is 12.0. The molecule has 0 aromatic carbocycles. The maximum Gasteiger partial charge on any atom is 0.349 e. The smallest absolute Gasteiger partial charge is 0.349 e. The van der Waals surface area contributed by atoms with E-state index in [4.69, 9.17) is 9.84 Å². The molecule has 0 saturated carbocycles. The number of carboxylic acids is 1. The van der Waals surface area contributed by atoms with Gasteiger partial charge in [0.1, 0.15) is 5.75 Å². The third kappa shape index (κ3) is 3.72. The Morgan fingerprint density at radius 1 is 1.62 bits per heavy atom. The quantitative estimate of drug-likeness (QED) is 0.765. The fraction of sp³-hybridized carbons (Fsp3) is 0.545. The molecular formula is C11H16O3S2. The lowest BCUT2D eigenvalue weighted by molar-refractivity contribution is 0.0698. The zero-order valence-corrected chi connectivity index (χ0v) is 11.1. The number of hydrogen-bond donors (Lipinski definition) is 1. The van der Waals surface area contributed by atoms with Crippen LogP contribution in [0.2, 0.25) is 0 Å². The number of ether oxygens (including phenoxy) is 1. The number of carbonyl (C=O) groups is 1. The Bertz CT molecular complexity index is 347. The van der Waals surface area contributed by atoms with Crippen LogP contribution in [0.1, 0.15) is 27.9 Å². The number of carboxylic acid groups (broad SMARTS) is 1. The summed E-state index contributed by atoms with van der Waals surface area (Å²) in [7, 11) is 0. The van der Waals surface area contributed by atoms with E-state index in [9.17, 15) is 4.79 Å². The summed E-state index contributed by atoms with van der Waals surface area (Å²) < 4.78 is 5.47. The summed E-state index contributed by atoms with van der Waals surface area (Å²) in [5, 5.41) is 9.03. The molecule has 0 fully saturated rings. The summed E-state index contributed by atoms with van der Waals surface area (Å²) in [5.41, 5.74) is 0. The molecule has 1 aromatic rings. The zero-order valence-electron chi connectivity index (χ0n) is 9.49. The Balaban J connectivity index is 2.74. The Hall–Kier alpha value is -0.680. The number of thiophene rings is 1. The van der Waals surface area contributed by atoms with E-state index < -0.39 is 5.97 Å². The highest BCUT2D eigenvalue weighted by Crippen LogP contribution is 2.30. The third-order valence-corrected chi connectivity index (χ3v) is 3.72. The van der Waals surface area contributed by atoms with Gasteiger partial charge in [0, 0.05) is 10.6 Å². The lowest BCUT2D eigenvalue weighted by Crippen LogP contribution is -2.02. The van der Waals surface area contributed by atoms with Crippen molar-refractivity contribution in [1.82, 2.24) is 0 Å². The van der Waals surface area contributed by atoms with Gasteiger partial charge in [0.25, 0.3) is 0 Å². The van der Waals surface area contributed by atoms with E-state index in [0.29, 0.717) is 17.2 Å². The molecule has 0 unspecified atom stereocenters. The molecule has 1 rings (SSSR count). The Morgan fingerprint density at radius 3 is 2.94 bits per heavy atom. The molecule has 0 radical (unpaired) electrons. The average Bonchev–Trinajstić information content (AvgIpc) is 2.62. The van der Waals surface area contributed by atoms with Crippen LogP contribution in [0.15, 0.2) is 6.07 Å². The third-order valence-electron chi connectivity index (χ3n) is 1.98. The predicted octanol–water partition coefficient (Wildman–Crippen LogP) is 3.14. The van der Waals surface area contributed by atoms with Gasteiger partial charge in [0.2, 0.25) is 0 Å². The van der Waals surface area contributed by atoms with Crippen molar-refractivity contribution >= 4 is 29.1 Å². The molecule has 5 heteroatoms. The Morgan fingerprint density at radius 2 is 2.38 bits per heavy atom. The highest BCUT2D eigenvalue weighted by Gasteiger charge is 2.16. The molecule has 1 heterocycles. The number of aromatic carboxylic acids is 1. The van der Waals surface area contributed by atoms with Crippen LogP contribution in [0.3, 0.4) is 0 Å². The molecule has 0 atom stereocenters. The van der Waals surface area contributed by atoms with Crippen LogP contribution in [0, 0.1) is 0 Å². The minimum absolute atomic E-state index is 0.324. The highest BCUT2D eigenvalue weighted by molar-refractivity contribution is 7.98. The van der Waals surface area contributed by atoms with Crippen molar-refractivity contribution in [1.29, 1.82) is 0 Å². The molecule has 0 amide bonds. The van der Waals surface area contributed by atoms with Crippen LogP contribution in [0.5, 0.6) is 5.75 Å². The van der Waals surface area contributed by atoms with Crippen LogP contribution in [0.4, 0.5) is 0 Å². The lowest BCUT2D eigenvalue weighted by atomic mass is 10.3. The first kappa shape index (κ1) is 13.4. The highest BCUT2D eigenvalue weighted by atomic mass is 32.2. The number of hydrogen-bond acceptors (Lipinski definition) is 4. The summed E-state index contributed by atoms with van der Waals surface area (Å²) in [4.78, 5) is 12.4. The molecular weight excluding hydrogens is 244 g/mol. The second-order valence-electron chi connectivity index (χ2n) is 3.30. The van der Waals surface area contributed by atoms with E-state index in [-0.39, 0.29) is 0 Å². The van der Waals surface area contributed by atoms with Crippen LogP contribution < -0.4 is 4.74 Å². The van der Waals surface area contributed by atoms with Gasteiger partial charge in [-0.3, -0.25) is 0 Å². The topological polar surface area (TPSA) is 46.5 Å². The molecule has 16 heavy (non-hydrogen) atoms. The molecule has 0 aliphatic rings. The van der Waals surface area contributed by atoms with Crippen molar-refractivity contribution in [3.63, 3.8) is 0 Å². The van der Waals surface area contributed by atoms with Gasteiger partial charge in [-0.25, -0.2) is 4.79 Å². The normalized spacial score (nSPS) is 10.4. The van der Waals surface area contributed by atoms with Gasteiger partial charge >= 0.3 is 5.97 Å². The second kappa shape index (κ2) is 6.81. The standard InChI is InChI=1S/C11H16O3S2/c1-3-4-8-7-9(14-5-6-15-2)10(16-8)11(12)13/h7H,3-6H2,1-2H3,(H,12,13). The maximum absolute atomic E-state index is 11.0. The minimum atomic E-state index is -0.897. The van der Waals surface area contributed by atoms with E-state index in [1.165, 1.54) is 11.3 Å². The molecule has 1 N–H and O–H groups in total. The van der Waals surface area contributed by atoms with Gasteiger partial charge in [0.05, 0.1) is 6.61 Å². The molecule has 90 valence electrons. The van der Waals surface area contributed by atoms with Gasteiger partial charge in [-0.2, -0.15) is 11.8 Å². The molecule has 0 aliphatic heterocycles. The minimum Gasteiger partial charge on any atom is -0.491 e. The van der Waals surface area contributed by atoms with Gasteiger partial charge in [-0.15, -0.1) is 11.3 Å². The molecule has 3 nitrogen and oxygen atoms in total. The van der Waals surface area contributed by atoms with E-state index in [1.54, 1.807) is 11.8 Å². The van der Waals surface area contributed by atoms with Gasteiger partial charge in [-0.05, 0) is 18.7 Å². The van der Waals surface area contributed by atoms with E-state index in [1.807, 2.05) is 12.3 Å². The van der Waals surface area contributed by atoms with Crippen molar-refractivity contribution in [3.8, 4) is 5.75 Å². The van der Waals surface area contributed by atoms with Gasteiger partial charge in [0.15, 0.2) is 4.88 Å². The second-order valence-corrected chi connectivity index (χ2v) is 5.42. The van der Waals surface area contributed by atoms with Crippen molar-refractivity contribution in [2.75, 3.05) is 18.6 Å². The van der Waals surface area contributed by atoms with Crippen molar-refractivity contribution in [2.45, 2.75) is 19.8 Å². The van der Waals surface area contributed by atoms with Crippen LogP contribution >= 0.6 is 23.1 Å². The molecule has 0 saturated heterocycles. The largest absolute Gasteiger partial charge is 0.491 e. The van der Waals surface area contributed by atoms with E-state index in [0.717, 1.165) is 23.5 Å². The first-order valence-electron chi connectivity index (χ1n) is 5.16. The summed E-state index contributed by atoms with van der Waals surface area (Å²) in [6.45, 7) is 2.64. The van der Waals surface area contributed by atoms with Gasteiger partial charge in [-0.1, -0.05) is 13.3 Å². The Labute approximate surface area is 104 Å². The average molecular weight is 260 g/mol. The summed E-state index contributed by atoms with van der Waals surface area (Å²) in [5.74, 6) is 0.499. The van der Waals surface area contributed by atoms with Gasteiger partial charge < -0.3 is 9.84 Å². The molecule has 1 aromatic heterocycles. The molecule has 0 bridgehead atoms.